The van der Waals surface area contributed by atoms with Crippen LogP contribution in [0.5, 0.6) is 5.75 Å². The van der Waals surface area contributed by atoms with Crippen LogP contribution in [-0.4, -0.2) is 34.5 Å². The summed E-state index contributed by atoms with van der Waals surface area (Å²) in [5.74, 6) is 0.0736. The van der Waals surface area contributed by atoms with E-state index in [4.69, 9.17) is 0 Å². The van der Waals surface area contributed by atoms with Gasteiger partial charge in [-0.15, -0.1) is 11.3 Å². The van der Waals surface area contributed by atoms with Crippen molar-refractivity contribution in [3.8, 4) is 5.75 Å². The van der Waals surface area contributed by atoms with Gasteiger partial charge < -0.3 is 15.7 Å². The van der Waals surface area contributed by atoms with Crippen LogP contribution in [-0.2, 0) is 0 Å². The number of hydrogen-bond donors (Lipinski definition) is 3. The molecule has 1 fully saturated rings. The summed E-state index contributed by atoms with van der Waals surface area (Å²) in [6.45, 7) is 2.29. The molecule has 1 aromatic carbocycles. The molecule has 0 radical (unpaired) electrons. The van der Waals surface area contributed by atoms with Crippen molar-refractivity contribution < 1.29 is 9.90 Å². The number of anilines is 2. The Kier molecular flexibility index (Phi) is 4.39. The highest BCUT2D eigenvalue weighted by Crippen LogP contribution is 2.46. The maximum Gasteiger partial charge on any atom is 0.265 e. The molecule has 0 aliphatic carbocycles. The zero-order valence-electron chi connectivity index (χ0n) is 13.1. The third kappa shape index (κ3) is 3.24. The number of phenols is 1. The van der Waals surface area contributed by atoms with Crippen LogP contribution in [0.1, 0.15) is 28.9 Å². The van der Waals surface area contributed by atoms with Gasteiger partial charge in [-0.3, -0.25) is 9.69 Å². The van der Waals surface area contributed by atoms with Gasteiger partial charge >= 0.3 is 0 Å². The van der Waals surface area contributed by atoms with Crippen LogP contribution in [0.15, 0.2) is 34.5 Å². The van der Waals surface area contributed by atoms with E-state index >= 15 is 0 Å². The molecule has 0 bridgehead atoms. The van der Waals surface area contributed by atoms with E-state index < -0.39 is 0 Å². The number of carbonyl (C=O) groups excluding carboxylic acids is 1. The zero-order chi connectivity index (χ0) is 16.5. The molecule has 4 rings (SSSR count). The van der Waals surface area contributed by atoms with Crippen LogP contribution in [0.25, 0.3) is 0 Å². The van der Waals surface area contributed by atoms with Crippen molar-refractivity contribution in [2.24, 2.45) is 0 Å². The van der Waals surface area contributed by atoms with E-state index in [1.807, 2.05) is 17.8 Å². The lowest BCUT2D eigenvalue weighted by Crippen LogP contribution is -2.40. The van der Waals surface area contributed by atoms with Gasteiger partial charge in [-0.25, -0.2) is 0 Å². The fraction of sp³-hybridized carbons (Fsp3) is 0.353. The summed E-state index contributed by atoms with van der Waals surface area (Å²) in [6.07, 6.45) is 3.87. The second-order valence-corrected chi connectivity index (χ2v) is 8.43. The first-order valence-corrected chi connectivity index (χ1v) is 9.80. The standard InChI is InChI=1S/C17H19N3O2S2/c21-12-6-4-11(5-7-12)18-15(22)14-10-13-16(23-14)24-17(19-13)20-8-2-1-3-9-20/h4-7,10,17,19,21H,1-3,8-9H2,(H,18,22). The van der Waals surface area contributed by atoms with E-state index in [0.717, 1.165) is 18.8 Å². The summed E-state index contributed by atoms with van der Waals surface area (Å²) >= 11 is 3.34. The zero-order valence-corrected chi connectivity index (χ0v) is 14.8. The van der Waals surface area contributed by atoms with E-state index in [0.29, 0.717) is 16.1 Å². The minimum atomic E-state index is -0.114. The molecule has 0 spiro atoms. The monoisotopic (exact) mass is 361 g/mol. The number of nitrogens with one attached hydrogen (secondary N) is 2. The third-order valence-corrected chi connectivity index (χ3v) is 6.81. The van der Waals surface area contributed by atoms with E-state index in [-0.39, 0.29) is 11.7 Å². The van der Waals surface area contributed by atoms with Gasteiger partial charge in [0, 0.05) is 18.8 Å². The van der Waals surface area contributed by atoms with Gasteiger partial charge in [0.1, 0.15) is 11.2 Å². The molecule has 1 unspecified atom stereocenters. The van der Waals surface area contributed by atoms with Gasteiger partial charge in [-0.1, -0.05) is 18.2 Å². The number of aromatic hydroxyl groups is 1. The molecule has 2 aliphatic heterocycles. The van der Waals surface area contributed by atoms with Gasteiger partial charge in [0.15, 0.2) is 0 Å². The lowest BCUT2D eigenvalue weighted by Gasteiger charge is -2.31. The Morgan fingerprint density at radius 1 is 1.21 bits per heavy atom. The second-order valence-electron chi connectivity index (χ2n) is 6.02. The average molecular weight is 361 g/mol. The predicted molar refractivity (Wildman–Crippen MR) is 99.1 cm³/mol. The molecule has 1 saturated heterocycles. The van der Waals surface area contributed by atoms with Crippen LogP contribution >= 0.6 is 23.1 Å². The highest BCUT2D eigenvalue weighted by Gasteiger charge is 2.30. The van der Waals surface area contributed by atoms with Gasteiger partial charge in [-0.2, -0.15) is 0 Å². The minimum Gasteiger partial charge on any atom is -0.508 e. The Hall–Kier alpha value is -1.70. The van der Waals surface area contributed by atoms with E-state index in [1.54, 1.807) is 24.3 Å². The number of hydrogen-bond acceptors (Lipinski definition) is 6. The first kappa shape index (κ1) is 15.8. The Morgan fingerprint density at radius 3 is 2.67 bits per heavy atom. The van der Waals surface area contributed by atoms with Crippen molar-refractivity contribution in [1.29, 1.82) is 0 Å². The third-order valence-electron chi connectivity index (χ3n) is 4.27. The van der Waals surface area contributed by atoms with Gasteiger partial charge in [0.2, 0.25) is 0 Å². The van der Waals surface area contributed by atoms with Crippen molar-refractivity contribution >= 4 is 40.4 Å². The summed E-state index contributed by atoms with van der Waals surface area (Å²) in [5, 5.41) is 15.7. The Morgan fingerprint density at radius 2 is 1.96 bits per heavy atom. The Balaban J connectivity index is 1.41. The number of thiophene rings is 1. The van der Waals surface area contributed by atoms with Crippen LogP contribution in [0, 0.1) is 0 Å². The lowest BCUT2D eigenvalue weighted by molar-refractivity contribution is 0.103. The highest BCUT2D eigenvalue weighted by atomic mass is 32.2. The minimum absolute atomic E-state index is 0.114. The van der Waals surface area contributed by atoms with Crippen molar-refractivity contribution in [1.82, 2.24) is 4.90 Å². The van der Waals surface area contributed by atoms with Crippen molar-refractivity contribution in [3.63, 3.8) is 0 Å². The number of carbonyl (C=O) groups is 1. The first-order chi connectivity index (χ1) is 11.7. The number of amides is 1. The average Bonchev–Trinajstić information content (AvgIpc) is 3.17. The molecule has 1 aromatic heterocycles. The number of nitrogens with zero attached hydrogens (tertiary/aromatic N) is 1. The second kappa shape index (κ2) is 6.66. The molecule has 2 aliphatic rings. The summed E-state index contributed by atoms with van der Waals surface area (Å²) < 4.78 is 1.18. The van der Waals surface area contributed by atoms with Crippen LogP contribution in [0.2, 0.25) is 0 Å². The van der Waals surface area contributed by atoms with Crippen molar-refractivity contribution in [2.75, 3.05) is 23.7 Å². The molecule has 24 heavy (non-hydrogen) atoms. The first-order valence-electron chi connectivity index (χ1n) is 8.10. The molecule has 3 heterocycles. The largest absolute Gasteiger partial charge is 0.508 e. The SMILES string of the molecule is O=C(Nc1ccc(O)cc1)c1cc2c(s1)SC(N1CCCCC1)N2. The summed E-state index contributed by atoms with van der Waals surface area (Å²) in [4.78, 5) is 15.6. The fourth-order valence-corrected chi connectivity index (χ4v) is 5.47. The molecular weight excluding hydrogens is 342 g/mol. The van der Waals surface area contributed by atoms with Crippen LogP contribution in [0.3, 0.4) is 0 Å². The summed E-state index contributed by atoms with van der Waals surface area (Å²) in [5.41, 5.74) is 2.05. The number of rotatable bonds is 3. The fourth-order valence-electron chi connectivity index (χ4n) is 2.99. The molecule has 5 nitrogen and oxygen atoms in total. The van der Waals surface area contributed by atoms with E-state index in [1.165, 1.54) is 34.8 Å². The Labute approximate surface area is 149 Å². The molecule has 126 valence electrons. The smallest absolute Gasteiger partial charge is 0.265 e. The molecule has 1 amide bonds. The molecule has 2 aromatic rings. The number of fused-ring (bicyclic) bond motifs is 1. The van der Waals surface area contributed by atoms with E-state index in [9.17, 15) is 9.90 Å². The van der Waals surface area contributed by atoms with E-state index in [2.05, 4.69) is 15.5 Å². The molecule has 0 saturated carbocycles. The summed E-state index contributed by atoms with van der Waals surface area (Å²) in [6, 6.07) is 8.43. The number of piperidine rings is 1. The molecular formula is C17H19N3O2S2. The van der Waals surface area contributed by atoms with Crippen LogP contribution in [0.4, 0.5) is 11.4 Å². The number of likely N-dealkylation sites (tertiary alicyclic amines) is 1. The maximum absolute atomic E-state index is 12.4. The maximum atomic E-state index is 12.4. The van der Waals surface area contributed by atoms with Crippen LogP contribution < -0.4 is 10.6 Å². The number of benzene rings is 1. The normalized spacial score (nSPS) is 20.4. The van der Waals surface area contributed by atoms with Crippen molar-refractivity contribution in [2.45, 2.75) is 29.0 Å². The van der Waals surface area contributed by atoms with Gasteiger partial charge in [0.05, 0.1) is 14.8 Å². The highest BCUT2D eigenvalue weighted by molar-refractivity contribution is 8.02. The van der Waals surface area contributed by atoms with Gasteiger partial charge in [0.25, 0.3) is 5.91 Å². The molecule has 1 atom stereocenters. The quantitative estimate of drug-likeness (QED) is 0.722. The lowest BCUT2D eigenvalue weighted by atomic mass is 10.1. The molecule has 7 heteroatoms. The Bertz CT molecular complexity index is 715. The summed E-state index contributed by atoms with van der Waals surface area (Å²) in [7, 11) is 0. The van der Waals surface area contributed by atoms with Gasteiger partial charge in [-0.05, 0) is 43.2 Å². The predicted octanol–water partition coefficient (Wildman–Crippen LogP) is 3.99. The van der Waals surface area contributed by atoms with Crippen molar-refractivity contribution in [3.05, 3.63) is 35.2 Å². The topological polar surface area (TPSA) is 64.6 Å². The number of phenolic OH excluding ortho intramolecular Hbond substituents is 1. The molecule has 3 N–H and O–H groups in total. The number of thioether (sulfide) groups is 1.